The van der Waals surface area contributed by atoms with Gasteiger partial charge in [-0.05, 0) is 25.0 Å². The zero-order valence-electron chi connectivity index (χ0n) is 16.3. The number of para-hydroxylation sites is 2. The van der Waals surface area contributed by atoms with Crippen LogP contribution in [0.3, 0.4) is 0 Å². The largest absolute Gasteiger partial charge is 0.495 e. The highest BCUT2D eigenvalue weighted by Gasteiger charge is 2.25. The van der Waals surface area contributed by atoms with Crippen molar-refractivity contribution in [3.63, 3.8) is 0 Å². The molecular weight excluding hydrogens is 354 g/mol. The number of aromatic nitrogens is 2. The smallest absolute Gasteiger partial charge is 0.272 e. The number of carbonyl (C=O) groups excluding carboxylic acids is 1. The summed E-state index contributed by atoms with van der Waals surface area (Å²) in [5, 5.41) is 3.44. The van der Waals surface area contributed by atoms with Crippen molar-refractivity contribution in [1.82, 2.24) is 14.9 Å². The standard InChI is InChI=1S/C21H27N5O2/c1-28-19-9-5-4-8-18(19)25-10-12-26(13-11-25)21(27)17-14-20(23-15-22-17)24-16-6-2-3-7-16/h4-5,8-9,14-16H,2-3,6-7,10-13H2,1H3,(H,22,23,24). The molecule has 1 amide bonds. The molecule has 2 heterocycles. The van der Waals surface area contributed by atoms with Crippen molar-refractivity contribution in [3.05, 3.63) is 42.4 Å². The Balaban J connectivity index is 1.38. The second-order valence-corrected chi connectivity index (χ2v) is 7.37. The van der Waals surface area contributed by atoms with Crippen LogP contribution in [0.5, 0.6) is 5.75 Å². The Kier molecular flexibility index (Phi) is 5.60. The fraction of sp³-hybridized carbons (Fsp3) is 0.476. The van der Waals surface area contributed by atoms with Crippen molar-refractivity contribution in [2.24, 2.45) is 0 Å². The predicted molar refractivity (Wildman–Crippen MR) is 109 cm³/mol. The fourth-order valence-corrected chi connectivity index (χ4v) is 4.04. The molecule has 0 bridgehead atoms. The number of anilines is 2. The van der Waals surface area contributed by atoms with Crippen LogP contribution in [0.4, 0.5) is 11.5 Å². The molecule has 1 aliphatic carbocycles. The summed E-state index contributed by atoms with van der Waals surface area (Å²) in [7, 11) is 1.69. The second-order valence-electron chi connectivity index (χ2n) is 7.37. The summed E-state index contributed by atoms with van der Waals surface area (Å²) in [5.74, 6) is 1.58. The fourth-order valence-electron chi connectivity index (χ4n) is 4.04. The van der Waals surface area contributed by atoms with Gasteiger partial charge in [0.25, 0.3) is 5.91 Å². The summed E-state index contributed by atoms with van der Waals surface area (Å²) in [6.45, 7) is 2.85. The van der Waals surface area contributed by atoms with Crippen LogP contribution in [0, 0.1) is 0 Å². The maximum absolute atomic E-state index is 12.9. The van der Waals surface area contributed by atoms with E-state index in [1.54, 1.807) is 13.2 Å². The molecule has 2 aromatic rings. The van der Waals surface area contributed by atoms with Crippen LogP contribution < -0.4 is 15.0 Å². The van der Waals surface area contributed by atoms with Gasteiger partial charge < -0.3 is 19.9 Å². The maximum Gasteiger partial charge on any atom is 0.272 e. The molecule has 1 N–H and O–H groups in total. The third-order valence-electron chi connectivity index (χ3n) is 5.59. The lowest BCUT2D eigenvalue weighted by atomic mass is 10.2. The van der Waals surface area contributed by atoms with Gasteiger partial charge in [-0.2, -0.15) is 0 Å². The number of carbonyl (C=O) groups is 1. The van der Waals surface area contributed by atoms with Crippen LogP contribution in [0.1, 0.15) is 36.2 Å². The molecule has 148 valence electrons. The molecule has 0 spiro atoms. The molecule has 7 nitrogen and oxygen atoms in total. The van der Waals surface area contributed by atoms with Crippen molar-refractivity contribution in [2.75, 3.05) is 43.5 Å². The molecule has 4 rings (SSSR count). The molecule has 1 saturated heterocycles. The van der Waals surface area contributed by atoms with Crippen LogP contribution >= 0.6 is 0 Å². The monoisotopic (exact) mass is 381 g/mol. The zero-order valence-corrected chi connectivity index (χ0v) is 16.3. The Morgan fingerprint density at radius 3 is 2.61 bits per heavy atom. The third kappa shape index (κ3) is 4.03. The van der Waals surface area contributed by atoms with Crippen molar-refractivity contribution in [3.8, 4) is 5.75 Å². The van der Waals surface area contributed by atoms with E-state index in [-0.39, 0.29) is 5.91 Å². The molecule has 1 saturated carbocycles. The van der Waals surface area contributed by atoms with Gasteiger partial charge in [-0.15, -0.1) is 0 Å². The van der Waals surface area contributed by atoms with Gasteiger partial charge in [0.2, 0.25) is 0 Å². The number of rotatable bonds is 5. The van der Waals surface area contributed by atoms with Gasteiger partial charge in [0.1, 0.15) is 23.6 Å². The first-order valence-corrected chi connectivity index (χ1v) is 10.0. The quantitative estimate of drug-likeness (QED) is 0.859. The van der Waals surface area contributed by atoms with E-state index in [0.717, 1.165) is 43.2 Å². The van der Waals surface area contributed by atoms with E-state index in [1.165, 1.54) is 19.2 Å². The first kappa shape index (κ1) is 18.5. The Labute approximate surface area is 165 Å². The molecule has 1 aromatic heterocycles. The van der Waals surface area contributed by atoms with E-state index in [4.69, 9.17) is 4.74 Å². The molecule has 0 unspecified atom stereocenters. The molecule has 0 atom stereocenters. The minimum atomic E-state index is -0.0310. The van der Waals surface area contributed by atoms with Crippen LogP contribution in [0.25, 0.3) is 0 Å². The summed E-state index contributed by atoms with van der Waals surface area (Å²) in [4.78, 5) is 25.6. The highest BCUT2D eigenvalue weighted by Crippen LogP contribution is 2.28. The minimum absolute atomic E-state index is 0.0310. The van der Waals surface area contributed by atoms with Gasteiger partial charge in [-0.1, -0.05) is 25.0 Å². The van der Waals surface area contributed by atoms with Gasteiger partial charge in [-0.25, -0.2) is 9.97 Å². The lowest BCUT2D eigenvalue weighted by Gasteiger charge is -2.36. The van der Waals surface area contributed by atoms with Crippen LogP contribution in [-0.2, 0) is 0 Å². The van der Waals surface area contributed by atoms with Gasteiger partial charge in [0, 0.05) is 38.3 Å². The number of amides is 1. The highest BCUT2D eigenvalue weighted by molar-refractivity contribution is 5.93. The van der Waals surface area contributed by atoms with Crippen molar-refractivity contribution < 1.29 is 9.53 Å². The maximum atomic E-state index is 12.9. The van der Waals surface area contributed by atoms with Crippen molar-refractivity contribution >= 4 is 17.4 Å². The zero-order chi connectivity index (χ0) is 19.3. The summed E-state index contributed by atoms with van der Waals surface area (Å²) in [6, 6.07) is 10.2. The van der Waals surface area contributed by atoms with Gasteiger partial charge >= 0.3 is 0 Å². The lowest BCUT2D eigenvalue weighted by Crippen LogP contribution is -2.49. The highest BCUT2D eigenvalue weighted by atomic mass is 16.5. The number of nitrogens with one attached hydrogen (secondary N) is 1. The van der Waals surface area contributed by atoms with Crippen LogP contribution in [0.2, 0.25) is 0 Å². The number of piperazine rings is 1. The summed E-state index contributed by atoms with van der Waals surface area (Å²) in [6.07, 6.45) is 6.32. The molecular formula is C21H27N5O2. The van der Waals surface area contributed by atoms with E-state index < -0.39 is 0 Å². The summed E-state index contributed by atoms with van der Waals surface area (Å²) < 4.78 is 5.46. The normalized spacial score (nSPS) is 17.6. The number of hydrogen-bond donors (Lipinski definition) is 1. The Bertz CT molecular complexity index is 814. The van der Waals surface area contributed by atoms with E-state index in [0.29, 0.717) is 24.8 Å². The Morgan fingerprint density at radius 2 is 1.86 bits per heavy atom. The summed E-state index contributed by atoms with van der Waals surface area (Å²) in [5.41, 5.74) is 1.53. The van der Waals surface area contributed by atoms with E-state index in [9.17, 15) is 4.79 Å². The molecule has 1 aliphatic heterocycles. The molecule has 1 aromatic carbocycles. The number of ether oxygens (including phenoxy) is 1. The first-order chi connectivity index (χ1) is 13.7. The topological polar surface area (TPSA) is 70.6 Å². The minimum Gasteiger partial charge on any atom is -0.495 e. The second kappa shape index (κ2) is 8.46. The molecule has 2 aliphatic rings. The predicted octanol–water partition coefficient (Wildman–Crippen LogP) is 2.80. The van der Waals surface area contributed by atoms with Gasteiger partial charge in [0.05, 0.1) is 12.8 Å². The number of methoxy groups -OCH3 is 1. The average Bonchev–Trinajstić information content (AvgIpc) is 3.26. The van der Waals surface area contributed by atoms with Gasteiger partial charge in [-0.3, -0.25) is 4.79 Å². The summed E-state index contributed by atoms with van der Waals surface area (Å²) >= 11 is 0. The number of hydrogen-bond acceptors (Lipinski definition) is 6. The molecule has 2 fully saturated rings. The van der Waals surface area contributed by atoms with Gasteiger partial charge in [0.15, 0.2) is 0 Å². The Morgan fingerprint density at radius 1 is 1.11 bits per heavy atom. The molecule has 7 heteroatoms. The molecule has 0 radical (unpaired) electrons. The van der Waals surface area contributed by atoms with E-state index in [1.807, 2.05) is 23.1 Å². The van der Waals surface area contributed by atoms with Crippen molar-refractivity contribution in [2.45, 2.75) is 31.7 Å². The first-order valence-electron chi connectivity index (χ1n) is 10.0. The van der Waals surface area contributed by atoms with Crippen LogP contribution in [0.15, 0.2) is 36.7 Å². The lowest BCUT2D eigenvalue weighted by molar-refractivity contribution is 0.0740. The SMILES string of the molecule is COc1ccccc1N1CCN(C(=O)c2cc(NC3CCCC3)ncn2)CC1. The number of benzene rings is 1. The van der Waals surface area contributed by atoms with E-state index in [2.05, 4.69) is 26.3 Å². The van der Waals surface area contributed by atoms with E-state index >= 15 is 0 Å². The third-order valence-corrected chi connectivity index (χ3v) is 5.59. The van der Waals surface area contributed by atoms with Crippen molar-refractivity contribution in [1.29, 1.82) is 0 Å². The number of nitrogens with zero attached hydrogens (tertiary/aromatic N) is 4. The Hall–Kier alpha value is -2.83. The van der Waals surface area contributed by atoms with Crippen LogP contribution in [-0.4, -0.2) is 60.1 Å². The molecule has 28 heavy (non-hydrogen) atoms. The average molecular weight is 381 g/mol.